The van der Waals surface area contributed by atoms with Crippen LogP contribution in [0.3, 0.4) is 0 Å². The average Bonchev–Trinajstić information content (AvgIpc) is 0.931. The van der Waals surface area contributed by atoms with E-state index in [1.54, 1.807) is 14.1 Å². The molecule has 5 amide bonds. The number of carbonyl (C=O) groups excluding carboxylic acids is 6. The van der Waals surface area contributed by atoms with Gasteiger partial charge in [-0.05, 0) is 127 Å². The molecular formula is C90H148Cl4N12O9. The summed E-state index contributed by atoms with van der Waals surface area (Å²) in [7, 11) is 6.34. The van der Waals surface area contributed by atoms with E-state index in [0.29, 0.717) is 112 Å². The molecule has 21 nitrogen and oxygen atoms in total. The van der Waals surface area contributed by atoms with E-state index < -0.39 is 5.97 Å². The monoisotopic (exact) mass is 1680 g/mol. The maximum absolute atomic E-state index is 12.0. The number of aliphatic hydroxyl groups excluding tert-OH is 1. The number of nitrogens with two attached hydrogens (primary N) is 2. The van der Waals surface area contributed by atoms with Gasteiger partial charge in [-0.15, -0.1) is 46.4 Å². The molecular weight excluding hydrogens is 1530 g/mol. The van der Waals surface area contributed by atoms with E-state index in [-0.39, 0.29) is 59.2 Å². The van der Waals surface area contributed by atoms with Crippen molar-refractivity contribution in [1.29, 1.82) is 0 Å². The van der Waals surface area contributed by atoms with Crippen molar-refractivity contribution in [3.8, 4) is 0 Å². The van der Waals surface area contributed by atoms with Gasteiger partial charge >= 0.3 is 5.97 Å². The second-order valence-electron chi connectivity index (χ2n) is 28.7. The largest absolute Gasteiger partial charge is 0.480 e. The first-order chi connectivity index (χ1) is 54.8. The molecule has 0 aliphatic rings. The summed E-state index contributed by atoms with van der Waals surface area (Å²) in [6.07, 6.45) is 0.917. The zero-order chi connectivity index (χ0) is 88.2. The Morgan fingerprint density at radius 3 is 0.878 bits per heavy atom. The van der Waals surface area contributed by atoms with E-state index in [9.17, 15) is 33.6 Å². The molecule has 650 valence electrons. The third-order valence-electron chi connectivity index (χ3n) is 16.1. The van der Waals surface area contributed by atoms with E-state index in [1.165, 1.54) is 33.4 Å². The van der Waals surface area contributed by atoms with Gasteiger partial charge in [-0.2, -0.15) is 0 Å². The molecule has 0 fully saturated rings. The fourth-order valence-corrected chi connectivity index (χ4v) is 9.80. The first kappa shape index (κ1) is 116. The molecule has 0 spiro atoms. The summed E-state index contributed by atoms with van der Waals surface area (Å²) >= 11 is 19.1. The van der Waals surface area contributed by atoms with Gasteiger partial charge < -0.3 is 69.0 Å². The van der Waals surface area contributed by atoms with Crippen LogP contribution in [0.2, 0.25) is 0 Å². The van der Waals surface area contributed by atoms with Crippen LogP contribution in [0.25, 0.3) is 0 Å². The third-order valence-corrected chi connectivity index (χ3v) is 16.1. The molecule has 0 aliphatic carbocycles. The topological polar surface area (TPSA) is 315 Å². The van der Waals surface area contributed by atoms with Gasteiger partial charge in [0.15, 0.2) is 0 Å². The molecule has 14 N–H and O–H groups in total. The van der Waals surface area contributed by atoms with Gasteiger partial charge in [0.1, 0.15) is 6.29 Å². The third kappa shape index (κ3) is 74.0. The molecule has 0 radical (unpaired) electrons. The minimum absolute atomic E-state index is 0.0417. The van der Waals surface area contributed by atoms with Gasteiger partial charge in [0.25, 0.3) is 0 Å². The zero-order valence-electron chi connectivity index (χ0n) is 72.7. The Bertz CT molecular complexity index is 3220. The van der Waals surface area contributed by atoms with Crippen molar-refractivity contribution < 1.29 is 43.8 Å². The Kier molecular flexibility index (Phi) is 81.3. The number of hydrogen-bond acceptors (Lipinski definition) is 15. The van der Waals surface area contributed by atoms with E-state index in [0.717, 1.165) is 46.1 Å². The number of rotatable bonds is 36. The summed E-state index contributed by atoms with van der Waals surface area (Å²) in [5.74, 6) is 3.56. The summed E-state index contributed by atoms with van der Waals surface area (Å²) < 4.78 is 0. The lowest BCUT2D eigenvalue weighted by molar-refractivity contribution is -0.136. The van der Waals surface area contributed by atoms with Crippen molar-refractivity contribution in [3.05, 3.63) is 215 Å². The molecule has 6 unspecified atom stereocenters. The van der Waals surface area contributed by atoms with Gasteiger partial charge in [-0.3, -0.25) is 38.6 Å². The van der Waals surface area contributed by atoms with Gasteiger partial charge in [0.2, 0.25) is 29.5 Å². The number of amides is 5. The van der Waals surface area contributed by atoms with E-state index in [1.807, 2.05) is 130 Å². The number of hydrogen-bond donors (Lipinski definition) is 12. The van der Waals surface area contributed by atoms with Gasteiger partial charge in [0.05, 0.1) is 49.9 Å². The van der Waals surface area contributed by atoms with E-state index in [4.69, 9.17) is 68.1 Å². The number of likely N-dealkylation sites (N-methyl/N-ethyl adjacent to an activating group) is 4. The molecule has 6 rings (SSSR count). The summed E-state index contributed by atoms with van der Waals surface area (Å²) in [6, 6.07) is 61.4. The standard InChI is InChI=1S/C17H28N2O.C16H26N2O.C15H24N2O.C12H18N2O.C11H16N2O.C9H13N.C4H8O.C3H7NO2.2CH2Cl2.CH4O/c1-5-19(12-14(2)3)13-17(20)18-11-15(4)16-9-7-6-8-10-16;1-13(2)11-18(4)12-16(19)17-10-14(3)15-8-6-5-7-9-15;1-12(2)9-16-11-15(18)17-10-13(3)14-7-5-4-6-8-14;1-10(8-14-12(15)9-13-2)11-6-4-3-5-7-11;1-9(8-13-11(14)7-12)10-5-3-2-4-6-10;1-8(7-10)9-5-3-2-4-6-9;1-4(2)3-5;1-4-2-3(5)6;2*2-1-3;1-2/h6-10,14-15H,5,11-13H2,1-4H3,(H,18,20);5-9,13-14H,10-12H2,1-4H3,(H,17,19);4-8,12-13,16H,9-11H2,1-3H3,(H,17,18);3-7,10,13H,8-9H2,1-2H3,(H,14,15);2-6,9H,7-8,12H2,1H3,(H,13,14);2-6,8H,7,10H2,1H3;3-4H,1-2H3;4H,2H2,1H3,(H,5,6);2*1H2;2H,1H3. The number of carboxylic acids is 1. The van der Waals surface area contributed by atoms with Crippen LogP contribution in [0, 0.1) is 23.7 Å². The predicted octanol–water partition coefficient (Wildman–Crippen LogP) is 13.9. The zero-order valence-corrected chi connectivity index (χ0v) is 75.7. The molecule has 0 aliphatic heterocycles. The Morgan fingerprint density at radius 2 is 0.652 bits per heavy atom. The number of aldehydes is 1. The maximum atomic E-state index is 12.0. The number of halogens is 4. The average molecular weight is 1680 g/mol. The van der Waals surface area contributed by atoms with Crippen LogP contribution in [0.5, 0.6) is 0 Å². The number of benzene rings is 6. The van der Waals surface area contributed by atoms with Crippen LogP contribution in [0.15, 0.2) is 182 Å². The molecule has 0 bridgehead atoms. The van der Waals surface area contributed by atoms with Gasteiger partial charge in [-0.25, -0.2) is 0 Å². The molecule has 6 aromatic carbocycles. The van der Waals surface area contributed by atoms with Crippen molar-refractivity contribution >= 4 is 88.2 Å². The summed E-state index contributed by atoms with van der Waals surface area (Å²) in [4.78, 5) is 80.8. The highest BCUT2D eigenvalue weighted by atomic mass is 35.5. The number of nitrogens with one attached hydrogen (secondary N) is 8. The smallest absolute Gasteiger partial charge is 0.317 e. The number of carboxylic acid groups (broad SMARTS) is 1. The van der Waals surface area contributed by atoms with Crippen LogP contribution in [0.4, 0.5) is 0 Å². The van der Waals surface area contributed by atoms with Crippen LogP contribution < -0.4 is 54.0 Å². The van der Waals surface area contributed by atoms with Gasteiger partial charge in [-0.1, -0.05) is 286 Å². The summed E-state index contributed by atoms with van der Waals surface area (Å²) in [5.41, 5.74) is 18.3. The minimum atomic E-state index is -0.822. The highest BCUT2D eigenvalue weighted by Gasteiger charge is 2.15. The first-order valence-corrected chi connectivity index (χ1v) is 41.7. The molecule has 25 heteroatoms. The Balaban J connectivity index is -0.000000405. The lowest BCUT2D eigenvalue weighted by atomic mass is 10.0. The molecule has 0 saturated carbocycles. The van der Waals surface area contributed by atoms with Crippen LogP contribution >= 0.6 is 46.4 Å². The molecule has 0 saturated heterocycles. The minimum Gasteiger partial charge on any atom is -0.480 e. The Hall–Kier alpha value is -7.35. The highest BCUT2D eigenvalue weighted by Crippen LogP contribution is 2.18. The van der Waals surface area contributed by atoms with E-state index in [2.05, 4.69) is 215 Å². The summed E-state index contributed by atoms with van der Waals surface area (Å²) in [6.45, 7) is 41.1. The van der Waals surface area contributed by atoms with Crippen molar-refractivity contribution in [3.63, 3.8) is 0 Å². The van der Waals surface area contributed by atoms with Crippen LogP contribution in [0.1, 0.15) is 173 Å². The summed E-state index contributed by atoms with van der Waals surface area (Å²) in [5, 5.41) is 38.3. The molecule has 115 heavy (non-hydrogen) atoms. The number of aliphatic carboxylic acids is 1. The van der Waals surface area contributed by atoms with Crippen LogP contribution in [-0.2, 0) is 33.6 Å². The van der Waals surface area contributed by atoms with Crippen molar-refractivity contribution in [1.82, 2.24) is 52.3 Å². The number of aliphatic hydroxyl groups is 1. The van der Waals surface area contributed by atoms with Crippen LogP contribution in [-0.4, -0.2) is 205 Å². The highest BCUT2D eigenvalue weighted by molar-refractivity contribution is 6.41. The number of carbonyl (C=O) groups is 7. The Labute approximate surface area is 713 Å². The second-order valence-corrected chi connectivity index (χ2v) is 30.3. The molecule has 0 aromatic heterocycles. The fraction of sp³-hybridized carbons (Fsp3) is 0.522. The van der Waals surface area contributed by atoms with Crippen molar-refractivity contribution in [2.24, 2.45) is 35.1 Å². The Morgan fingerprint density at radius 1 is 0.391 bits per heavy atom. The lowest BCUT2D eigenvalue weighted by Gasteiger charge is -2.22. The van der Waals surface area contributed by atoms with Crippen molar-refractivity contribution in [2.45, 2.75) is 139 Å². The fourth-order valence-electron chi connectivity index (χ4n) is 9.80. The number of nitrogens with zero attached hydrogens (tertiary/aromatic N) is 2. The van der Waals surface area contributed by atoms with Gasteiger partial charge in [0, 0.05) is 58.8 Å². The predicted molar refractivity (Wildman–Crippen MR) is 487 cm³/mol. The SMILES string of the molecule is CC(C)C=O.CC(C)CN(C)CC(=O)NCC(C)c1ccccc1.CC(C)CNCC(=O)NCC(C)c1ccccc1.CC(CN)c1ccccc1.CC(CNC(=O)CN)c1ccccc1.CCN(CC(=O)NCC(C)c1ccccc1)CC(C)C.CNCC(=O)NCC(C)c1ccccc1.CNCC(=O)O.CO.ClCCl.ClCCl. The maximum Gasteiger partial charge on any atom is 0.317 e. The van der Waals surface area contributed by atoms with Crippen molar-refractivity contribution in [2.75, 3.05) is 144 Å². The quantitative estimate of drug-likeness (QED) is 0.0128. The second kappa shape index (κ2) is 80.4. The molecule has 6 atom stereocenters. The number of alkyl halides is 4. The van der Waals surface area contributed by atoms with E-state index >= 15 is 0 Å². The molecule has 6 aromatic rings. The lowest BCUT2D eigenvalue weighted by Crippen LogP contribution is -2.39. The first-order valence-electron chi connectivity index (χ1n) is 39.6. The molecule has 0 heterocycles. The normalized spacial score (nSPS) is 11.6.